The molecule has 1 heterocycles. The second kappa shape index (κ2) is 11.1. The SMILES string of the molecule is Nc1cccnc1N.[Fe].[cH-]1[cH-][cH-][cH-][cH-]1.c1cc[cH-]c1. The molecule has 0 aliphatic rings. The molecule has 19 heavy (non-hydrogen) atoms. The predicted molar refractivity (Wildman–Crippen MR) is 77.1 cm³/mol. The summed E-state index contributed by atoms with van der Waals surface area (Å²) in [5, 5.41) is 0. The third-order valence-electron chi connectivity index (χ3n) is 1.98. The van der Waals surface area contributed by atoms with Crippen LogP contribution in [0, 0.1) is 0 Å². The number of nitrogens with two attached hydrogens (primary N) is 2. The molecule has 3 aromatic rings. The van der Waals surface area contributed by atoms with E-state index in [9.17, 15) is 0 Å². The van der Waals surface area contributed by atoms with Crippen molar-refractivity contribution >= 4 is 11.5 Å². The fourth-order valence-corrected chi connectivity index (χ4v) is 1.07. The van der Waals surface area contributed by atoms with E-state index in [2.05, 4.69) is 4.98 Å². The van der Waals surface area contributed by atoms with Crippen LogP contribution in [0.25, 0.3) is 0 Å². The summed E-state index contributed by atoms with van der Waals surface area (Å²) in [7, 11) is 0. The predicted octanol–water partition coefficient (Wildman–Crippen LogP) is 3.05. The molecule has 0 fully saturated rings. The van der Waals surface area contributed by atoms with Crippen molar-refractivity contribution in [3.05, 3.63) is 79.0 Å². The molecule has 0 saturated heterocycles. The van der Waals surface area contributed by atoms with Gasteiger partial charge in [0.2, 0.25) is 0 Å². The first-order valence-corrected chi connectivity index (χ1v) is 5.60. The average Bonchev–Trinajstić information content (AvgIpc) is 3.11. The molecule has 4 N–H and O–H groups in total. The number of aromatic nitrogens is 1. The molecule has 0 aliphatic carbocycles. The van der Waals surface area contributed by atoms with Gasteiger partial charge in [0.25, 0.3) is 0 Å². The quantitative estimate of drug-likeness (QED) is 0.495. The van der Waals surface area contributed by atoms with Crippen LogP contribution >= 0.6 is 0 Å². The molecule has 3 rings (SSSR count). The maximum absolute atomic E-state index is 5.33. The Bertz CT molecular complexity index is 408. The van der Waals surface area contributed by atoms with Crippen molar-refractivity contribution in [2.24, 2.45) is 0 Å². The Morgan fingerprint density at radius 1 is 0.842 bits per heavy atom. The molecule has 0 aliphatic heterocycles. The third kappa shape index (κ3) is 8.66. The maximum atomic E-state index is 5.33. The summed E-state index contributed by atoms with van der Waals surface area (Å²) in [5.74, 6) is 0.396. The minimum absolute atomic E-state index is 0. The molecule has 0 atom stereocenters. The van der Waals surface area contributed by atoms with Crippen LogP contribution in [0.2, 0.25) is 0 Å². The molecular formula is C15H17FeN3-6. The number of anilines is 2. The summed E-state index contributed by atoms with van der Waals surface area (Å²) >= 11 is 0. The smallest absolute Gasteiger partial charge is 0.146 e. The fourth-order valence-electron chi connectivity index (χ4n) is 1.07. The van der Waals surface area contributed by atoms with Gasteiger partial charge in [0, 0.05) is 23.3 Å². The second-order valence-electron chi connectivity index (χ2n) is 3.40. The topological polar surface area (TPSA) is 64.9 Å². The molecule has 0 spiro atoms. The minimum Gasteiger partial charge on any atom is -0.748 e. The van der Waals surface area contributed by atoms with Crippen molar-refractivity contribution in [3.8, 4) is 0 Å². The van der Waals surface area contributed by atoms with Crippen LogP contribution in [0.1, 0.15) is 0 Å². The number of nitrogens with zero attached hydrogens (tertiary/aromatic N) is 1. The zero-order valence-corrected chi connectivity index (χ0v) is 11.6. The van der Waals surface area contributed by atoms with E-state index < -0.39 is 0 Å². The Morgan fingerprint density at radius 3 is 1.63 bits per heavy atom. The Morgan fingerprint density at radius 2 is 1.37 bits per heavy atom. The van der Waals surface area contributed by atoms with E-state index in [4.69, 9.17) is 11.5 Å². The van der Waals surface area contributed by atoms with Crippen molar-refractivity contribution in [1.82, 2.24) is 4.98 Å². The largest absolute Gasteiger partial charge is 0.748 e. The van der Waals surface area contributed by atoms with Crippen LogP contribution in [0.15, 0.2) is 79.0 Å². The van der Waals surface area contributed by atoms with Gasteiger partial charge in [0.1, 0.15) is 5.82 Å². The number of hydrogen-bond acceptors (Lipinski definition) is 3. The van der Waals surface area contributed by atoms with Crippen LogP contribution in [0.5, 0.6) is 0 Å². The van der Waals surface area contributed by atoms with Gasteiger partial charge < -0.3 is 41.8 Å². The molecule has 0 bridgehead atoms. The van der Waals surface area contributed by atoms with Crippen molar-refractivity contribution < 1.29 is 17.1 Å². The summed E-state index contributed by atoms with van der Waals surface area (Å²) in [6.45, 7) is 0. The fraction of sp³-hybridized carbons (Fsp3) is 0. The summed E-state index contributed by atoms with van der Waals surface area (Å²) in [6, 6.07) is 23.5. The Hall–Kier alpha value is -2.03. The molecule has 3 nitrogen and oxygen atoms in total. The van der Waals surface area contributed by atoms with E-state index in [0.29, 0.717) is 11.5 Å². The van der Waals surface area contributed by atoms with Gasteiger partial charge in [-0.3, -0.25) is 0 Å². The molecular weight excluding hydrogens is 278 g/mol. The molecule has 0 unspecified atom stereocenters. The Labute approximate surface area is 124 Å². The minimum atomic E-state index is 0. The summed E-state index contributed by atoms with van der Waals surface area (Å²) in [6.07, 6.45) is 1.60. The van der Waals surface area contributed by atoms with Crippen molar-refractivity contribution in [2.45, 2.75) is 0 Å². The number of pyridine rings is 1. The monoisotopic (exact) mass is 295 g/mol. The average molecular weight is 295 g/mol. The molecule has 0 saturated carbocycles. The molecule has 0 radical (unpaired) electrons. The summed E-state index contributed by atoms with van der Waals surface area (Å²) < 4.78 is 0. The van der Waals surface area contributed by atoms with E-state index in [0.717, 1.165) is 0 Å². The molecule has 1 aromatic heterocycles. The Kier molecular flexibility index (Phi) is 9.90. The second-order valence-corrected chi connectivity index (χ2v) is 3.40. The zero-order valence-electron chi connectivity index (χ0n) is 10.5. The van der Waals surface area contributed by atoms with Gasteiger partial charge in [-0.05, 0) is 12.1 Å². The molecule has 0 amide bonds. The number of rotatable bonds is 0. The first kappa shape index (κ1) is 17.0. The van der Waals surface area contributed by atoms with E-state index in [-0.39, 0.29) is 17.1 Å². The van der Waals surface area contributed by atoms with E-state index >= 15 is 0 Å². The van der Waals surface area contributed by atoms with Gasteiger partial charge >= 0.3 is 0 Å². The number of hydrogen-bond donors (Lipinski definition) is 2. The van der Waals surface area contributed by atoms with E-state index in [1.165, 1.54) is 0 Å². The van der Waals surface area contributed by atoms with Gasteiger partial charge in [-0.2, -0.15) is 18.2 Å². The Balaban J connectivity index is 0.000000259. The summed E-state index contributed by atoms with van der Waals surface area (Å²) in [5.41, 5.74) is 11.2. The first-order valence-electron chi connectivity index (χ1n) is 5.60. The van der Waals surface area contributed by atoms with Crippen molar-refractivity contribution in [1.29, 1.82) is 0 Å². The van der Waals surface area contributed by atoms with Gasteiger partial charge in [0.05, 0.1) is 5.69 Å². The van der Waals surface area contributed by atoms with Gasteiger partial charge in [-0.1, -0.05) is 0 Å². The normalized spacial score (nSPS) is 8.00. The summed E-state index contributed by atoms with van der Waals surface area (Å²) in [4.78, 5) is 3.73. The zero-order chi connectivity index (χ0) is 13.1. The van der Waals surface area contributed by atoms with Crippen molar-refractivity contribution in [3.63, 3.8) is 0 Å². The van der Waals surface area contributed by atoms with Crippen LogP contribution in [0.4, 0.5) is 11.5 Å². The molecule has 106 valence electrons. The molecule has 4 heteroatoms. The van der Waals surface area contributed by atoms with E-state index in [1.54, 1.807) is 18.3 Å². The van der Waals surface area contributed by atoms with Gasteiger partial charge in [-0.15, -0.1) is 0 Å². The van der Waals surface area contributed by atoms with Crippen molar-refractivity contribution in [2.75, 3.05) is 11.5 Å². The molecule has 2 aromatic carbocycles. The maximum Gasteiger partial charge on any atom is 0.146 e. The van der Waals surface area contributed by atoms with Crippen LogP contribution in [0.3, 0.4) is 0 Å². The third-order valence-corrected chi connectivity index (χ3v) is 1.98. The number of nitrogen functional groups attached to an aromatic ring is 2. The van der Waals surface area contributed by atoms with Crippen LogP contribution in [-0.4, -0.2) is 4.98 Å². The van der Waals surface area contributed by atoms with Gasteiger partial charge in [-0.25, -0.2) is 17.1 Å². The van der Waals surface area contributed by atoms with E-state index in [1.807, 2.05) is 60.7 Å². The first-order chi connectivity index (χ1) is 8.80. The van der Waals surface area contributed by atoms with Crippen LogP contribution < -0.4 is 11.5 Å². The van der Waals surface area contributed by atoms with Gasteiger partial charge in [0.15, 0.2) is 0 Å². The standard InChI is InChI=1S/C5H7N3.2C5H5.Fe/c6-4-2-1-3-8-5(4)7;2*1-2-4-5-3-1;/h1-3H,6H2,(H2,7,8);2*1-5H;/q;-5;-1;. The van der Waals surface area contributed by atoms with Crippen LogP contribution in [-0.2, 0) is 17.1 Å².